The Morgan fingerprint density at radius 1 is 1.20 bits per heavy atom. The Morgan fingerprint density at radius 2 is 2.00 bits per heavy atom. The molecule has 0 aromatic heterocycles. The Hall–Kier alpha value is -1.04. The largest absolute Gasteiger partial charge is 0.438 e. The SMILES string of the molecule is CC1(COCOC(=O)C2(C(F)(F)F)CC3C=CC2C3)CC2CCC1C2. The maximum Gasteiger partial charge on any atom is 0.405 e. The summed E-state index contributed by atoms with van der Waals surface area (Å²) in [6, 6.07) is 0. The van der Waals surface area contributed by atoms with Crippen molar-refractivity contribution in [2.75, 3.05) is 13.4 Å². The van der Waals surface area contributed by atoms with Gasteiger partial charge < -0.3 is 9.47 Å². The second-order valence-corrected chi connectivity index (χ2v) is 8.79. The number of alkyl halides is 3. The average molecular weight is 358 g/mol. The zero-order chi connectivity index (χ0) is 17.9. The maximum absolute atomic E-state index is 13.7. The van der Waals surface area contributed by atoms with Crippen LogP contribution in [0.25, 0.3) is 0 Å². The van der Waals surface area contributed by atoms with Gasteiger partial charge in [0.25, 0.3) is 0 Å². The molecule has 0 aromatic rings. The molecule has 0 heterocycles. The summed E-state index contributed by atoms with van der Waals surface area (Å²) in [6.45, 7) is 2.24. The second-order valence-electron chi connectivity index (χ2n) is 8.79. The van der Waals surface area contributed by atoms with E-state index in [0.29, 0.717) is 18.9 Å². The number of esters is 1. The Kier molecular flexibility index (Phi) is 3.98. The molecule has 6 unspecified atom stereocenters. The Labute approximate surface area is 145 Å². The highest BCUT2D eigenvalue weighted by Gasteiger charge is 2.69. The fraction of sp³-hybridized carbons (Fsp3) is 0.842. The molecule has 4 aliphatic rings. The minimum atomic E-state index is -4.59. The van der Waals surface area contributed by atoms with Crippen molar-refractivity contribution in [1.82, 2.24) is 0 Å². The quantitative estimate of drug-likeness (QED) is 0.315. The first-order chi connectivity index (χ1) is 11.7. The number of fused-ring (bicyclic) bond motifs is 4. The molecule has 0 aromatic carbocycles. The monoisotopic (exact) mass is 358 g/mol. The number of rotatable bonds is 5. The van der Waals surface area contributed by atoms with Crippen molar-refractivity contribution in [3.05, 3.63) is 12.2 Å². The Morgan fingerprint density at radius 3 is 2.52 bits per heavy atom. The van der Waals surface area contributed by atoms with Crippen molar-refractivity contribution in [3.8, 4) is 0 Å². The van der Waals surface area contributed by atoms with Gasteiger partial charge in [-0.2, -0.15) is 13.2 Å². The molecule has 3 saturated carbocycles. The van der Waals surface area contributed by atoms with E-state index in [9.17, 15) is 18.0 Å². The van der Waals surface area contributed by atoms with Gasteiger partial charge in [-0.1, -0.05) is 25.5 Å². The van der Waals surface area contributed by atoms with Gasteiger partial charge in [0.15, 0.2) is 12.2 Å². The minimum Gasteiger partial charge on any atom is -0.438 e. The van der Waals surface area contributed by atoms with Crippen LogP contribution in [0.1, 0.15) is 45.4 Å². The van der Waals surface area contributed by atoms with Crippen molar-refractivity contribution in [2.24, 2.45) is 34.5 Å². The topological polar surface area (TPSA) is 35.5 Å². The smallest absolute Gasteiger partial charge is 0.405 e. The van der Waals surface area contributed by atoms with E-state index < -0.39 is 23.5 Å². The van der Waals surface area contributed by atoms with E-state index in [2.05, 4.69) is 6.92 Å². The summed E-state index contributed by atoms with van der Waals surface area (Å²) in [5, 5.41) is 0. The highest BCUT2D eigenvalue weighted by atomic mass is 19.4. The predicted octanol–water partition coefficient (Wildman–Crippen LogP) is 4.47. The molecular formula is C19H25F3O3. The number of hydrogen-bond acceptors (Lipinski definition) is 3. The third kappa shape index (κ3) is 2.63. The lowest BCUT2D eigenvalue weighted by Crippen LogP contribution is -2.49. The molecule has 4 bridgehead atoms. The van der Waals surface area contributed by atoms with Crippen molar-refractivity contribution >= 4 is 5.97 Å². The molecule has 4 aliphatic carbocycles. The first-order valence-corrected chi connectivity index (χ1v) is 9.25. The van der Waals surface area contributed by atoms with Crippen LogP contribution in [0.4, 0.5) is 13.2 Å². The molecule has 4 rings (SSSR count). The number of hydrogen-bond donors (Lipinski definition) is 0. The number of allylic oxidation sites excluding steroid dienone is 2. The van der Waals surface area contributed by atoms with Crippen LogP contribution >= 0.6 is 0 Å². The van der Waals surface area contributed by atoms with Gasteiger partial charge in [-0.05, 0) is 55.3 Å². The highest BCUT2D eigenvalue weighted by molar-refractivity contribution is 5.79. The van der Waals surface area contributed by atoms with E-state index >= 15 is 0 Å². The van der Waals surface area contributed by atoms with Gasteiger partial charge in [-0.15, -0.1) is 0 Å². The maximum atomic E-state index is 13.7. The lowest BCUT2D eigenvalue weighted by Gasteiger charge is -2.35. The van der Waals surface area contributed by atoms with Crippen LogP contribution in [0.5, 0.6) is 0 Å². The van der Waals surface area contributed by atoms with Gasteiger partial charge in [0.2, 0.25) is 0 Å². The van der Waals surface area contributed by atoms with Crippen LogP contribution in [0, 0.1) is 34.5 Å². The molecule has 3 fully saturated rings. The van der Waals surface area contributed by atoms with E-state index in [1.807, 2.05) is 0 Å². The Bertz CT molecular complexity index is 587. The molecule has 0 N–H and O–H groups in total. The zero-order valence-corrected chi connectivity index (χ0v) is 14.5. The highest BCUT2D eigenvalue weighted by Crippen LogP contribution is 2.60. The van der Waals surface area contributed by atoms with Crippen LogP contribution in [-0.4, -0.2) is 25.5 Å². The standard InChI is InChI=1S/C19H25F3O3/c1-17(8-12-2-4-14(17)6-12)10-24-11-25-16(23)18(19(20,21)22)9-13-3-5-15(18)7-13/h3,5,12-15H,2,4,6-11H2,1H3. The van der Waals surface area contributed by atoms with Crippen LogP contribution in [0.2, 0.25) is 0 Å². The van der Waals surface area contributed by atoms with Gasteiger partial charge in [-0.25, -0.2) is 0 Å². The van der Waals surface area contributed by atoms with Crippen molar-refractivity contribution in [3.63, 3.8) is 0 Å². The van der Waals surface area contributed by atoms with Gasteiger partial charge in [-0.3, -0.25) is 4.79 Å². The van der Waals surface area contributed by atoms with Crippen LogP contribution in [0.3, 0.4) is 0 Å². The lowest BCUT2D eigenvalue weighted by atomic mass is 9.75. The third-order valence-electron chi connectivity index (χ3n) is 7.25. The van der Waals surface area contributed by atoms with Crippen LogP contribution in [0.15, 0.2) is 12.2 Å². The predicted molar refractivity (Wildman–Crippen MR) is 84.3 cm³/mol. The molecule has 0 spiro atoms. The summed E-state index contributed by atoms with van der Waals surface area (Å²) in [4.78, 5) is 12.4. The molecule has 6 heteroatoms. The number of ether oxygens (including phenoxy) is 2. The van der Waals surface area contributed by atoms with Gasteiger partial charge in [0, 0.05) is 5.92 Å². The molecular weight excluding hydrogens is 333 g/mol. The average Bonchev–Trinajstić information content (AvgIpc) is 3.29. The summed E-state index contributed by atoms with van der Waals surface area (Å²) < 4.78 is 51.5. The van der Waals surface area contributed by atoms with E-state index in [0.717, 1.165) is 12.3 Å². The van der Waals surface area contributed by atoms with Gasteiger partial charge in [0.05, 0.1) is 6.61 Å². The van der Waals surface area contributed by atoms with Crippen LogP contribution in [-0.2, 0) is 14.3 Å². The molecule has 140 valence electrons. The van der Waals surface area contributed by atoms with Gasteiger partial charge in [0.1, 0.15) is 0 Å². The van der Waals surface area contributed by atoms with Crippen molar-refractivity contribution in [2.45, 2.75) is 51.6 Å². The molecule has 3 nitrogen and oxygen atoms in total. The van der Waals surface area contributed by atoms with E-state index in [4.69, 9.17) is 9.47 Å². The first-order valence-electron chi connectivity index (χ1n) is 9.25. The Balaban J connectivity index is 1.33. The van der Waals surface area contributed by atoms with E-state index in [1.165, 1.54) is 25.3 Å². The van der Waals surface area contributed by atoms with Crippen molar-refractivity contribution < 1.29 is 27.4 Å². The zero-order valence-electron chi connectivity index (χ0n) is 14.5. The number of carbonyl (C=O) groups is 1. The molecule has 25 heavy (non-hydrogen) atoms. The summed E-state index contributed by atoms with van der Waals surface area (Å²) in [5.74, 6) is -0.753. The molecule has 6 atom stereocenters. The molecule has 0 radical (unpaired) electrons. The molecule has 0 aliphatic heterocycles. The second kappa shape index (κ2) is 5.73. The molecule has 0 saturated heterocycles. The van der Waals surface area contributed by atoms with E-state index in [-0.39, 0.29) is 24.5 Å². The lowest BCUT2D eigenvalue weighted by molar-refractivity contribution is -0.247. The number of halogens is 3. The fourth-order valence-corrected chi connectivity index (χ4v) is 5.93. The van der Waals surface area contributed by atoms with E-state index in [1.54, 1.807) is 6.08 Å². The molecule has 0 amide bonds. The number of carbonyl (C=O) groups excluding carboxylic acids is 1. The third-order valence-corrected chi connectivity index (χ3v) is 7.25. The summed E-state index contributed by atoms with van der Waals surface area (Å²) in [5.41, 5.74) is -2.31. The van der Waals surface area contributed by atoms with Gasteiger partial charge >= 0.3 is 12.1 Å². The summed E-state index contributed by atoms with van der Waals surface area (Å²) >= 11 is 0. The minimum absolute atomic E-state index is 0.0756. The fourth-order valence-electron chi connectivity index (χ4n) is 5.93. The first kappa shape index (κ1) is 17.4. The normalized spacial score (nSPS) is 44.6. The summed E-state index contributed by atoms with van der Waals surface area (Å²) in [7, 11) is 0. The van der Waals surface area contributed by atoms with Crippen molar-refractivity contribution in [1.29, 1.82) is 0 Å². The summed E-state index contributed by atoms with van der Waals surface area (Å²) in [6.07, 6.45) is 3.73. The van der Waals surface area contributed by atoms with Crippen LogP contribution < -0.4 is 0 Å².